The number of phenols is 1. The van der Waals surface area contributed by atoms with Gasteiger partial charge in [-0.3, -0.25) is 9.59 Å². The van der Waals surface area contributed by atoms with Crippen molar-refractivity contribution in [1.82, 2.24) is 0 Å². The summed E-state index contributed by atoms with van der Waals surface area (Å²) in [7, 11) is 0. The first kappa shape index (κ1) is 32.8. The van der Waals surface area contributed by atoms with Crippen LogP contribution in [-0.2, 0) is 26.7 Å². The summed E-state index contributed by atoms with van der Waals surface area (Å²) in [6.07, 6.45) is -3.90. The number of carbonyl (C=O) groups excluding carboxylic acids is 2. The van der Waals surface area contributed by atoms with Crippen molar-refractivity contribution in [2.75, 3.05) is 11.5 Å². The van der Waals surface area contributed by atoms with Crippen molar-refractivity contribution >= 4 is 23.6 Å². The van der Waals surface area contributed by atoms with E-state index >= 15 is 0 Å². The van der Waals surface area contributed by atoms with Crippen LogP contribution in [0.2, 0.25) is 0 Å². The maximum absolute atomic E-state index is 13.8. The second-order valence-electron chi connectivity index (χ2n) is 12.0. The Balaban J connectivity index is 1.44. The summed E-state index contributed by atoms with van der Waals surface area (Å²) in [6, 6.07) is 7.80. The molecule has 2 aromatic carbocycles. The molecule has 5 nitrogen and oxygen atoms in total. The van der Waals surface area contributed by atoms with E-state index in [1.165, 1.54) is 0 Å². The highest BCUT2D eigenvalue weighted by molar-refractivity contribution is 6.22. The highest BCUT2D eigenvalue weighted by Crippen LogP contribution is 2.52. The molecule has 2 aliphatic heterocycles. The van der Waals surface area contributed by atoms with Crippen molar-refractivity contribution in [2.24, 2.45) is 17.8 Å². The number of hydrogen-bond donors (Lipinski definition) is 1. The van der Waals surface area contributed by atoms with E-state index in [1.54, 1.807) is 18.2 Å². The number of imide groups is 1. The Morgan fingerprint density at radius 1 is 0.933 bits per heavy atom. The lowest BCUT2D eigenvalue weighted by Gasteiger charge is -2.32. The second-order valence-corrected chi connectivity index (χ2v) is 12.0. The molecule has 4 atom stereocenters. The zero-order valence-electron chi connectivity index (χ0n) is 25.0. The third kappa shape index (κ3) is 6.68. The molecule has 2 aromatic rings. The standard InChI is InChI=1S/C34H35F6NO4/c1-3-6-19(12-20-8-5-9-25(42)13-20)10-11-28-29-21(7-4-2)14-26-30(27(29)18-45-28)32(44)41(31(26)43)24-16-22(33(35,36)37)15-23(17-24)34(38,39)40/h5,8-9,12-13,15-17,26-28,30,42H,3-4,6-7,10-11,14,18H2,1-2H3/b19-12+/t26-,27+,28-,30-/m1/s1. The predicted octanol–water partition coefficient (Wildman–Crippen LogP) is 8.71. The van der Waals surface area contributed by atoms with Crippen LogP contribution in [0.1, 0.15) is 75.5 Å². The smallest absolute Gasteiger partial charge is 0.416 e. The molecule has 45 heavy (non-hydrogen) atoms. The summed E-state index contributed by atoms with van der Waals surface area (Å²) < 4.78 is 87.8. The van der Waals surface area contributed by atoms with Crippen molar-refractivity contribution in [3.8, 4) is 5.75 Å². The first-order chi connectivity index (χ1) is 21.2. The summed E-state index contributed by atoms with van der Waals surface area (Å²) in [4.78, 5) is 28.0. The van der Waals surface area contributed by atoms with Crippen LogP contribution >= 0.6 is 0 Å². The van der Waals surface area contributed by atoms with Crippen LogP contribution < -0.4 is 4.90 Å². The Hall–Kier alpha value is -3.60. The number of rotatable bonds is 9. The normalized spacial score (nSPS) is 24.0. The molecule has 242 valence electrons. The average Bonchev–Trinajstić information content (AvgIpc) is 3.49. The molecule has 1 N–H and O–H groups in total. The van der Waals surface area contributed by atoms with Crippen molar-refractivity contribution in [3.05, 3.63) is 75.9 Å². The van der Waals surface area contributed by atoms with E-state index in [1.807, 2.05) is 19.1 Å². The molecule has 2 heterocycles. The van der Waals surface area contributed by atoms with Crippen LogP contribution in [0, 0.1) is 17.8 Å². The van der Waals surface area contributed by atoms with Crippen molar-refractivity contribution in [2.45, 2.75) is 77.2 Å². The van der Waals surface area contributed by atoms with Gasteiger partial charge in [-0.1, -0.05) is 56.0 Å². The van der Waals surface area contributed by atoms with Gasteiger partial charge >= 0.3 is 12.4 Å². The van der Waals surface area contributed by atoms with Gasteiger partial charge in [-0.05, 0) is 73.6 Å². The molecule has 2 fully saturated rings. The maximum atomic E-state index is 13.8. The lowest BCUT2D eigenvalue weighted by atomic mass is 9.68. The fourth-order valence-electron chi connectivity index (χ4n) is 7.09. The quantitative estimate of drug-likeness (QED) is 0.170. The number of alkyl halides is 6. The topological polar surface area (TPSA) is 66.8 Å². The SMILES string of the molecule is CCCC1=C2[C@@H](CC/C(=C/c3cccc(O)c3)CCC)OC[C@@H]2[C@@H]2C(=O)N(c3cc(C(F)(F)F)cc(C(F)(F)F)c3)C(=O)[C@@H]2C1. The average molecular weight is 636 g/mol. The summed E-state index contributed by atoms with van der Waals surface area (Å²) >= 11 is 0. The lowest BCUT2D eigenvalue weighted by Crippen LogP contribution is -2.34. The molecular formula is C34H35F6NO4. The largest absolute Gasteiger partial charge is 0.508 e. The highest BCUT2D eigenvalue weighted by Gasteiger charge is 2.57. The van der Waals surface area contributed by atoms with Gasteiger partial charge < -0.3 is 9.84 Å². The number of carbonyl (C=O) groups is 2. The number of amides is 2. The summed E-state index contributed by atoms with van der Waals surface area (Å²) in [5.74, 6) is -3.73. The van der Waals surface area contributed by atoms with Gasteiger partial charge in [0.25, 0.3) is 0 Å². The zero-order chi connectivity index (χ0) is 32.7. The molecule has 3 aliphatic rings. The van der Waals surface area contributed by atoms with Gasteiger partial charge in [0.15, 0.2) is 0 Å². The number of allylic oxidation sites excluding steroid dienone is 2. The molecule has 0 saturated carbocycles. The highest BCUT2D eigenvalue weighted by atomic mass is 19.4. The Labute approximate surface area is 257 Å². The molecular weight excluding hydrogens is 600 g/mol. The first-order valence-electron chi connectivity index (χ1n) is 15.2. The third-order valence-corrected chi connectivity index (χ3v) is 8.93. The van der Waals surface area contributed by atoms with E-state index in [0.717, 1.165) is 41.5 Å². The van der Waals surface area contributed by atoms with Gasteiger partial charge in [0.2, 0.25) is 11.8 Å². The number of phenolic OH excluding ortho intramolecular Hbond substituents is 1. The van der Waals surface area contributed by atoms with Gasteiger partial charge in [-0.25, -0.2) is 4.90 Å². The van der Waals surface area contributed by atoms with Crippen LogP contribution in [0.5, 0.6) is 5.75 Å². The molecule has 2 saturated heterocycles. The molecule has 0 radical (unpaired) electrons. The van der Waals surface area contributed by atoms with E-state index in [-0.39, 0.29) is 30.9 Å². The molecule has 5 rings (SSSR count). The summed E-state index contributed by atoms with van der Waals surface area (Å²) in [6.45, 7) is 4.18. The number of hydrogen-bond acceptors (Lipinski definition) is 4. The van der Waals surface area contributed by atoms with Crippen LogP contribution in [0.15, 0.2) is 59.2 Å². The number of fused-ring (bicyclic) bond motifs is 3. The van der Waals surface area contributed by atoms with Crippen molar-refractivity contribution < 1.29 is 45.8 Å². The molecule has 11 heteroatoms. The van der Waals surface area contributed by atoms with E-state index in [9.17, 15) is 41.0 Å². The monoisotopic (exact) mass is 635 g/mol. The minimum absolute atomic E-state index is 0.0161. The maximum Gasteiger partial charge on any atom is 0.416 e. The van der Waals surface area contributed by atoms with Gasteiger partial charge in [0, 0.05) is 5.92 Å². The Kier molecular flexibility index (Phi) is 9.22. The fraction of sp³-hybridized carbons (Fsp3) is 0.471. The van der Waals surface area contributed by atoms with Crippen LogP contribution in [0.4, 0.5) is 32.0 Å². The second kappa shape index (κ2) is 12.7. The first-order valence-corrected chi connectivity index (χ1v) is 15.2. The zero-order valence-corrected chi connectivity index (χ0v) is 25.0. The van der Waals surface area contributed by atoms with Gasteiger partial charge in [0.05, 0.1) is 41.4 Å². The van der Waals surface area contributed by atoms with Crippen LogP contribution in [-0.4, -0.2) is 29.6 Å². The number of nitrogens with zero attached hydrogens (tertiary/aromatic N) is 1. The minimum Gasteiger partial charge on any atom is -0.508 e. The molecule has 0 spiro atoms. The molecule has 0 bridgehead atoms. The molecule has 2 amide bonds. The van der Waals surface area contributed by atoms with E-state index < -0.39 is 58.7 Å². The van der Waals surface area contributed by atoms with Crippen molar-refractivity contribution in [1.29, 1.82) is 0 Å². The Morgan fingerprint density at radius 3 is 2.22 bits per heavy atom. The fourth-order valence-corrected chi connectivity index (χ4v) is 7.09. The number of benzene rings is 2. The van der Waals surface area contributed by atoms with Gasteiger partial charge in [-0.15, -0.1) is 0 Å². The Bertz CT molecular complexity index is 1490. The lowest BCUT2D eigenvalue weighted by molar-refractivity contribution is -0.143. The minimum atomic E-state index is -5.11. The van der Waals surface area contributed by atoms with Crippen molar-refractivity contribution in [3.63, 3.8) is 0 Å². The van der Waals surface area contributed by atoms with Crippen LogP contribution in [0.3, 0.4) is 0 Å². The summed E-state index contributed by atoms with van der Waals surface area (Å²) in [5.41, 5.74) is 0.0474. The number of halogens is 6. The predicted molar refractivity (Wildman–Crippen MR) is 156 cm³/mol. The van der Waals surface area contributed by atoms with Gasteiger partial charge in [0.1, 0.15) is 5.75 Å². The number of ether oxygens (including phenoxy) is 1. The van der Waals surface area contributed by atoms with E-state index in [4.69, 9.17) is 4.74 Å². The third-order valence-electron chi connectivity index (χ3n) is 8.93. The van der Waals surface area contributed by atoms with E-state index in [2.05, 4.69) is 6.92 Å². The molecule has 0 unspecified atom stereocenters. The Morgan fingerprint density at radius 2 is 1.62 bits per heavy atom. The number of aromatic hydroxyl groups is 1. The van der Waals surface area contributed by atoms with Crippen LogP contribution in [0.25, 0.3) is 6.08 Å². The summed E-state index contributed by atoms with van der Waals surface area (Å²) in [5, 5.41) is 9.86. The molecule has 0 aromatic heterocycles. The molecule has 1 aliphatic carbocycles. The van der Waals surface area contributed by atoms with Gasteiger partial charge in [-0.2, -0.15) is 26.3 Å². The van der Waals surface area contributed by atoms with E-state index in [0.29, 0.717) is 36.3 Å². The number of anilines is 1.